The smallest absolute Gasteiger partial charge is 0.216 e. The van der Waals surface area contributed by atoms with Crippen molar-refractivity contribution < 1.29 is 8.42 Å². The highest BCUT2D eigenvalue weighted by Gasteiger charge is 2.07. The summed E-state index contributed by atoms with van der Waals surface area (Å²) in [5, 5.41) is 5.79. The third-order valence-corrected chi connectivity index (χ3v) is 3.30. The number of hydrogen-bond donors (Lipinski definition) is 2. The Hall–Kier alpha value is -1.02. The molecule has 2 aromatic rings. The van der Waals surface area contributed by atoms with Gasteiger partial charge in [-0.25, -0.2) is 5.14 Å². The SMILES string of the molecule is NS(=O)(=O)NCc1nsc2ccccc12. The van der Waals surface area contributed by atoms with Crippen molar-refractivity contribution in [3.63, 3.8) is 0 Å². The Morgan fingerprint density at radius 1 is 1.40 bits per heavy atom. The number of nitrogens with zero attached hydrogens (tertiary/aromatic N) is 1. The molecule has 2 rings (SSSR count). The van der Waals surface area contributed by atoms with Gasteiger partial charge in [-0.2, -0.15) is 17.5 Å². The third-order valence-electron chi connectivity index (χ3n) is 1.89. The molecule has 0 aliphatic heterocycles. The number of benzene rings is 1. The first kappa shape index (κ1) is 10.5. The van der Waals surface area contributed by atoms with Crippen LogP contribution in [0.15, 0.2) is 24.3 Å². The van der Waals surface area contributed by atoms with Crippen molar-refractivity contribution in [1.29, 1.82) is 0 Å². The van der Waals surface area contributed by atoms with Crippen LogP contribution in [0.5, 0.6) is 0 Å². The number of nitrogens with one attached hydrogen (secondary N) is 1. The predicted octanol–water partition coefficient (Wildman–Crippen LogP) is 0.589. The lowest BCUT2D eigenvalue weighted by molar-refractivity contribution is 0.583. The van der Waals surface area contributed by atoms with Crippen LogP contribution in [-0.4, -0.2) is 12.8 Å². The summed E-state index contributed by atoms with van der Waals surface area (Å²) in [7, 11) is -3.65. The molecule has 3 N–H and O–H groups in total. The summed E-state index contributed by atoms with van der Waals surface area (Å²) in [4.78, 5) is 0. The second-order valence-corrected chi connectivity index (χ2v) is 5.18. The molecule has 1 aromatic heterocycles. The van der Waals surface area contributed by atoms with E-state index in [1.807, 2.05) is 24.3 Å². The van der Waals surface area contributed by atoms with Crippen molar-refractivity contribution in [2.24, 2.45) is 5.14 Å². The Bertz CT molecular complexity index is 576. The quantitative estimate of drug-likeness (QED) is 0.827. The molecule has 0 spiro atoms. The van der Waals surface area contributed by atoms with Crippen molar-refractivity contribution in [2.45, 2.75) is 6.54 Å². The average Bonchev–Trinajstić information content (AvgIpc) is 2.57. The number of aromatic nitrogens is 1. The highest BCUT2D eigenvalue weighted by molar-refractivity contribution is 7.87. The van der Waals surface area contributed by atoms with Gasteiger partial charge >= 0.3 is 0 Å². The maximum Gasteiger partial charge on any atom is 0.274 e. The molecule has 0 aliphatic rings. The average molecular weight is 243 g/mol. The molecular formula is C8H9N3O2S2. The fourth-order valence-electron chi connectivity index (χ4n) is 1.23. The first-order valence-electron chi connectivity index (χ1n) is 4.17. The molecule has 80 valence electrons. The van der Waals surface area contributed by atoms with Gasteiger partial charge < -0.3 is 0 Å². The van der Waals surface area contributed by atoms with Gasteiger partial charge in [0.05, 0.1) is 16.9 Å². The van der Waals surface area contributed by atoms with Crippen molar-refractivity contribution in [2.75, 3.05) is 0 Å². The summed E-state index contributed by atoms with van der Waals surface area (Å²) in [6, 6.07) is 7.64. The minimum Gasteiger partial charge on any atom is -0.216 e. The van der Waals surface area contributed by atoms with Gasteiger partial charge in [0.1, 0.15) is 0 Å². The molecule has 1 heterocycles. The molecule has 0 amide bonds. The molecule has 0 radical (unpaired) electrons. The minimum absolute atomic E-state index is 0.128. The fourth-order valence-corrected chi connectivity index (χ4v) is 2.37. The molecule has 0 fully saturated rings. The fraction of sp³-hybridized carbons (Fsp3) is 0.125. The lowest BCUT2D eigenvalue weighted by atomic mass is 10.2. The Kier molecular flexibility index (Phi) is 2.70. The van der Waals surface area contributed by atoms with E-state index in [0.717, 1.165) is 10.1 Å². The molecule has 0 atom stereocenters. The van der Waals surface area contributed by atoms with E-state index in [4.69, 9.17) is 5.14 Å². The molecule has 1 aromatic carbocycles. The summed E-state index contributed by atoms with van der Waals surface area (Å²) >= 11 is 1.34. The third kappa shape index (κ3) is 2.51. The molecule has 5 nitrogen and oxygen atoms in total. The molecule has 0 unspecified atom stereocenters. The molecule has 0 saturated heterocycles. The lowest BCUT2D eigenvalue weighted by Crippen LogP contribution is -2.30. The van der Waals surface area contributed by atoms with Gasteiger partial charge in [-0.1, -0.05) is 18.2 Å². The number of fused-ring (bicyclic) bond motifs is 1. The van der Waals surface area contributed by atoms with Gasteiger partial charge in [0.2, 0.25) is 0 Å². The Morgan fingerprint density at radius 3 is 2.87 bits per heavy atom. The van der Waals surface area contributed by atoms with E-state index < -0.39 is 10.2 Å². The summed E-state index contributed by atoms with van der Waals surface area (Å²) in [5.41, 5.74) is 0.699. The van der Waals surface area contributed by atoms with E-state index in [1.165, 1.54) is 11.5 Å². The van der Waals surface area contributed by atoms with Crippen LogP contribution in [0.25, 0.3) is 10.1 Å². The zero-order chi connectivity index (χ0) is 10.9. The zero-order valence-corrected chi connectivity index (χ0v) is 9.31. The summed E-state index contributed by atoms with van der Waals surface area (Å²) in [5.74, 6) is 0. The highest BCUT2D eigenvalue weighted by Crippen LogP contribution is 2.21. The van der Waals surface area contributed by atoms with E-state index in [2.05, 4.69) is 9.10 Å². The number of hydrogen-bond acceptors (Lipinski definition) is 4. The molecule has 0 saturated carbocycles. The van der Waals surface area contributed by atoms with Crippen LogP contribution >= 0.6 is 11.5 Å². The van der Waals surface area contributed by atoms with Crippen molar-refractivity contribution in [3.8, 4) is 0 Å². The number of nitrogens with two attached hydrogens (primary N) is 1. The van der Waals surface area contributed by atoms with Crippen molar-refractivity contribution >= 4 is 31.8 Å². The van der Waals surface area contributed by atoms with Crippen LogP contribution in [-0.2, 0) is 16.8 Å². The lowest BCUT2D eigenvalue weighted by Gasteiger charge is -1.98. The summed E-state index contributed by atoms with van der Waals surface area (Å²) < 4.78 is 28.8. The van der Waals surface area contributed by atoms with Crippen molar-refractivity contribution in [3.05, 3.63) is 30.0 Å². The second-order valence-electron chi connectivity index (χ2n) is 2.99. The van der Waals surface area contributed by atoms with Gasteiger partial charge in [-0.3, -0.25) is 0 Å². The summed E-state index contributed by atoms with van der Waals surface area (Å²) in [6.07, 6.45) is 0. The molecular weight excluding hydrogens is 234 g/mol. The van der Waals surface area contributed by atoms with Crippen LogP contribution in [0, 0.1) is 0 Å². The second kappa shape index (κ2) is 3.86. The molecule has 0 bridgehead atoms. The van der Waals surface area contributed by atoms with E-state index in [-0.39, 0.29) is 6.54 Å². The standard InChI is InChI=1S/C8H9N3O2S2/c9-15(12,13)10-5-7-6-3-1-2-4-8(6)14-11-7/h1-4,10H,5H2,(H2,9,12,13). The Morgan fingerprint density at radius 2 is 2.13 bits per heavy atom. The van der Waals surface area contributed by atoms with Crippen LogP contribution < -0.4 is 9.86 Å². The topological polar surface area (TPSA) is 85.1 Å². The highest BCUT2D eigenvalue weighted by atomic mass is 32.2. The number of rotatable bonds is 3. The van der Waals surface area contributed by atoms with Gasteiger partial charge in [0.15, 0.2) is 0 Å². The van der Waals surface area contributed by atoms with E-state index in [1.54, 1.807) is 0 Å². The van der Waals surface area contributed by atoms with Crippen LogP contribution in [0.4, 0.5) is 0 Å². The van der Waals surface area contributed by atoms with Gasteiger partial charge in [-0.05, 0) is 17.6 Å². The van der Waals surface area contributed by atoms with Gasteiger partial charge in [0.25, 0.3) is 10.2 Å². The molecule has 0 aliphatic carbocycles. The zero-order valence-electron chi connectivity index (χ0n) is 7.67. The van der Waals surface area contributed by atoms with Crippen LogP contribution in [0.3, 0.4) is 0 Å². The van der Waals surface area contributed by atoms with Crippen LogP contribution in [0.2, 0.25) is 0 Å². The van der Waals surface area contributed by atoms with E-state index in [9.17, 15) is 8.42 Å². The van der Waals surface area contributed by atoms with E-state index in [0.29, 0.717) is 5.69 Å². The first-order chi connectivity index (χ1) is 7.06. The Labute approximate surface area is 91.3 Å². The maximum atomic E-state index is 10.7. The predicted molar refractivity (Wildman–Crippen MR) is 59.6 cm³/mol. The molecule has 7 heteroatoms. The minimum atomic E-state index is -3.65. The first-order valence-corrected chi connectivity index (χ1v) is 6.49. The Balaban J connectivity index is 2.29. The van der Waals surface area contributed by atoms with Gasteiger partial charge in [0, 0.05) is 5.39 Å². The summed E-state index contributed by atoms with van der Waals surface area (Å²) in [6.45, 7) is 0.128. The monoisotopic (exact) mass is 243 g/mol. The van der Waals surface area contributed by atoms with Crippen LogP contribution in [0.1, 0.15) is 5.69 Å². The van der Waals surface area contributed by atoms with Crippen molar-refractivity contribution in [1.82, 2.24) is 9.10 Å². The molecule has 15 heavy (non-hydrogen) atoms. The maximum absolute atomic E-state index is 10.7. The van der Waals surface area contributed by atoms with E-state index >= 15 is 0 Å². The largest absolute Gasteiger partial charge is 0.274 e. The van der Waals surface area contributed by atoms with Gasteiger partial charge in [-0.15, -0.1) is 0 Å². The normalized spacial score (nSPS) is 12.1.